The summed E-state index contributed by atoms with van der Waals surface area (Å²) in [6.07, 6.45) is 0. The quantitative estimate of drug-likeness (QED) is 0.873. The SMILES string of the molecule is CCNc1ccccc1C(=O)NCc1ccc(C)cc1. The van der Waals surface area contributed by atoms with Gasteiger partial charge in [-0.25, -0.2) is 0 Å². The van der Waals surface area contributed by atoms with E-state index in [0.29, 0.717) is 12.1 Å². The lowest BCUT2D eigenvalue weighted by Crippen LogP contribution is -2.23. The van der Waals surface area contributed by atoms with Crippen LogP contribution in [-0.4, -0.2) is 12.5 Å². The predicted octanol–water partition coefficient (Wildman–Crippen LogP) is 3.36. The maximum absolute atomic E-state index is 12.2. The molecule has 0 radical (unpaired) electrons. The van der Waals surface area contributed by atoms with Crippen molar-refractivity contribution in [1.82, 2.24) is 5.32 Å². The zero-order valence-electron chi connectivity index (χ0n) is 11.9. The summed E-state index contributed by atoms with van der Waals surface area (Å²) >= 11 is 0. The average Bonchev–Trinajstić information content (AvgIpc) is 2.47. The number of para-hydroxylation sites is 1. The van der Waals surface area contributed by atoms with Gasteiger partial charge in [-0.1, -0.05) is 42.0 Å². The molecule has 0 heterocycles. The van der Waals surface area contributed by atoms with Crippen LogP contribution in [0.1, 0.15) is 28.4 Å². The van der Waals surface area contributed by atoms with Crippen molar-refractivity contribution in [3.05, 3.63) is 65.2 Å². The highest BCUT2D eigenvalue weighted by Gasteiger charge is 2.09. The van der Waals surface area contributed by atoms with Crippen LogP contribution in [0.4, 0.5) is 5.69 Å². The third-order valence-electron chi connectivity index (χ3n) is 3.11. The molecule has 0 saturated carbocycles. The number of amides is 1. The Morgan fingerprint density at radius 3 is 2.45 bits per heavy atom. The van der Waals surface area contributed by atoms with Crippen LogP contribution in [0.15, 0.2) is 48.5 Å². The lowest BCUT2D eigenvalue weighted by Gasteiger charge is -2.11. The molecule has 0 atom stereocenters. The van der Waals surface area contributed by atoms with Gasteiger partial charge < -0.3 is 10.6 Å². The van der Waals surface area contributed by atoms with E-state index in [-0.39, 0.29) is 5.91 Å². The van der Waals surface area contributed by atoms with Crippen LogP contribution >= 0.6 is 0 Å². The van der Waals surface area contributed by atoms with E-state index in [1.807, 2.05) is 55.5 Å². The third kappa shape index (κ3) is 3.60. The Bertz CT molecular complexity index is 576. The summed E-state index contributed by atoms with van der Waals surface area (Å²) in [7, 11) is 0. The number of nitrogens with one attached hydrogen (secondary N) is 2. The molecule has 0 fully saturated rings. The molecule has 0 spiro atoms. The number of benzene rings is 2. The highest BCUT2D eigenvalue weighted by atomic mass is 16.1. The molecule has 2 aromatic carbocycles. The van der Waals surface area contributed by atoms with Gasteiger partial charge in [0.05, 0.1) is 5.56 Å². The summed E-state index contributed by atoms with van der Waals surface area (Å²) in [6, 6.07) is 15.7. The molecule has 2 N–H and O–H groups in total. The number of anilines is 1. The Kier molecular flexibility index (Phi) is 4.77. The van der Waals surface area contributed by atoms with Gasteiger partial charge >= 0.3 is 0 Å². The number of rotatable bonds is 5. The first-order chi connectivity index (χ1) is 9.70. The largest absolute Gasteiger partial charge is 0.385 e. The van der Waals surface area contributed by atoms with Gasteiger partial charge in [0.25, 0.3) is 5.91 Å². The molecule has 0 aliphatic heterocycles. The molecule has 0 bridgehead atoms. The lowest BCUT2D eigenvalue weighted by atomic mass is 10.1. The Hall–Kier alpha value is -2.29. The molecule has 3 nitrogen and oxygen atoms in total. The standard InChI is InChI=1S/C17H20N2O/c1-3-18-16-7-5-4-6-15(16)17(20)19-12-14-10-8-13(2)9-11-14/h4-11,18H,3,12H2,1-2H3,(H,19,20). The fraction of sp³-hybridized carbons (Fsp3) is 0.235. The minimum Gasteiger partial charge on any atom is -0.385 e. The summed E-state index contributed by atoms with van der Waals surface area (Å²) < 4.78 is 0. The van der Waals surface area contributed by atoms with Gasteiger partial charge in [0.2, 0.25) is 0 Å². The Morgan fingerprint density at radius 2 is 1.75 bits per heavy atom. The number of aryl methyl sites for hydroxylation is 1. The Morgan fingerprint density at radius 1 is 1.05 bits per heavy atom. The molecule has 3 heteroatoms. The fourth-order valence-electron chi connectivity index (χ4n) is 2.01. The molecule has 2 aromatic rings. The van der Waals surface area contributed by atoms with E-state index >= 15 is 0 Å². The molecule has 0 aliphatic rings. The number of carbonyl (C=O) groups excluding carboxylic acids is 1. The summed E-state index contributed by atoms with van der Waals surface area (Å²) in [5.74, 6) is -0.0536. The summed E-state index contributed by atoms with van der Waals surface area (Å²) in [5.41, 5.74) is 3.88. The molecular formula is C17H20N2O. The zero-order valence-corrected chi connectivity index (χ0v) is 11.9. The molecular weight excluding hydrogens is 248 g/mol. The first-order valence-corrected chi connectivity index (χ1v) is 6.87. The van der Waals surface area contributed by atoms with Crippen molar-refractivity contribution >= 4 is 11.6 Å². The zero-order chi connectivity index (χ0) is 14.4. The first kappa shape index (κ1) is 14.1. The first-order valence-electron chi connectivity index (χ1n) is 6.87. The van der Waals surface area contributed by atoms with Crippen molar-refractivity contribution in [2.45, 2.75) is 20.4 Å². The van der Waals surface area contributed by atoms with Crippen LogP contribution in [0.3, 0.4) is 0 Å². The maximum Gasteiger partial charge on any atom is 0.253 e. The molecule has 0 aromatic heterocycles. The van der Waals surface area contributed by atoms with Crippen molar-refractivity contribution in [3.63, 3.8) is 0 Å². The number of carbonyl (C=O) groups is 1. The van der Waals surface area contributed by atoms with Crippen LogP contribution in [0, 0.1) is 6.92 Å². The predicted molar refractivity (Wildman–Crippen MR) is 83.0 cm³/mol. The minimum atomic E-state index is -0.0536. The second-order valence-corrected chi connectivity index (χ2v) is 4.74. The van der Waals surface area contributed by atoms with E-state index in [2.05, 4.69) is 17.6 Å². The van der Waals surface area contributed by atoms with Crippen LogP contribution in [0.5, 0.6) is 0 Å². The maximum atomic E-state index is 12.2. The number of hydrogen-bond donors (Lipinski definition) is 2. The fourth-order valence-corrected chi connectivity index (χ4v) is 2.01. The van der Waals surface area contributed by atoms with Crippen molar-refractivity contribution in [3.8, 4) is 0 Å². The summed E-state index contributed by atoms with van der Waals surface area (Å²) in [5, 5.41) is 6.16. The van der Waals surface area contributed by atoms with E-state index < -0.39 is 0 Å². The molecule has 20 heavy (non-hydrogen) atoms. The molecule has 2 rings (SSSR count). The Labute approximate surface area is 120 Å². The second kappa shape index (κ2) is 6.75. The van der Waals surface area contributed by atoms with Gasteiger partial charge in [0.1, 0.15) is 0 Å². The lowest BCUT2D eigenvalue weighted by molar-refractivity contribution is 0.0951. The van der Waals surface area contributed by atoms with Crippen molar-refractivity contribution in [2.24, 2.45) is 0 Å². The van der Waals surface area contributed by atoms with Gasteiger partial charge in [-0.15, -0.1) is 0 Å². The molecule has 104 valence electrons. The highest BCUT2D eigenvalue weighted by molar-refractivity contribution is 5.99. The normalized spacial score (nSPS) is 10.1. The smallest absolute Gasteiger partial charge is 0.253 e. The minimum absolute atomic E-state index is 0.0536. The summed E-state index contributed by atoms with van der Waals surface area (Å²) in [6.45, 7) is 5.40. The van der Waals surface area contributed by atoms with Crippen molar-refractivity contribution in [1.29, 1.82) is 0 Å². The van der Waals surface area contributed by atoms with Crippen LogP contribution in [0.2, 0.25) is 0 Å². The van der Waals surface area contributed by atoms with Crippen molar-refractivity contribution < 1.29 is 4.79 Å². The van der Waals surface area contributed by atoms with E-state index in [1.54, 1.807) is 0 Å². The molecule has 1 amide bonds. The number of hydrogen-bond acceptors (Lipinski definition) is 2. The van der Waals surface area contributed by atoms with E-state index in [0.717, 1.165) is 17.8 Å². The second-order valence-electron chi connectivity index (χ2n) is 4.74. The van der Waals surface area contributed by atoms with Gasteiger partial charge in [-0.2, -0.15) is 0 Å². The molecule has 0 unspecified atom stereocenters. The van der Waals surface area contributed by atoms with Crippen LogP contribution in [0.25, 0.3) is 0 Å². The van der Waals surface area contributed by atoms with Crippen LogP contribution in [-0.2, 0) is 6.54 Å². The average molecular weight is 268 g/mol. The summed E-state index contributed by atoms with van der Waals surface area (Å²) in [4.78, 5) is 12.2. The van der Waals surface area contributed by atoms with Gasteiger partial charge in [-0.3, -0.25) is 4.79 Å². The topological polar surface area (TPSA) is 41.1 Å². The van der Waals surface area contributed by atoms with Crippen molar-refractivity contribution in [2.75, 3.05) is 11.9 Å². The van der Waals surface area contributed by atoms with E-state index in [4.69, 9.17) is 0 Å². The van der Waals surface area contributed by atoms with Crippen LogP contribution < -0.4 is 10.6 Å². The monoisotopic (exact) mass is 268 g/mol. The van der Waals surface area contributed by atoms with E-state index in [1.165, 1.54) is 5.56 Å². The Balaban J connectivity index is 2.03. The van der Waals surface area contributed by atoms with Gasteiger partial charge in [0.15, 0.2) is 0 Å². The van der Waals surface area contributed by atoms with E-state index in [9.17, 15) is 4.79 Å². The molecule has 0 aliphatic carbocycles. The molecule has 0 saturated heterocycles. The van der Waals surface area contributed by atoms with Gasteiger partial charge in [0, 0.05) is 18.8 Å². The highest BCUT2D eigenvalue weighted by Crippen LogP contribution is 2.14. The van der Waals surface area contributed by atoms with Gasteiger partial charge in [-0.05, 0) is 31.5 Å². The third-order valence-corrected chi connectivity index (χ3v) is 3.11.